The van der Waals surface area contributed by atoms with Gasteiger partial charge in [0.1, 0.15) is 0 Å². The largest absolute Gasteiger partial charge is 0.481 e. The highest BCUT2D eigenvalue weighted by Gasteiger charge is 2.29. The average Bonchev–Trinajstić information content (AvgIpc) is 2.84. The molecule has 2 atom stereocenters. The van der Waals surface area contributed by atoms with Crippen LogP contribution in [0.25, 0.3) is 0 Å². The van der Waals surface area contributed by atoms with Crippen LogP contribution < -0.4 is 5.32 Å². The molecule has 0 bridgehead atoms. The van der Waals surface area contributed by atoms with E-state index < -0.39 is 5.97 Å². The molecular formula is C13H18N2O3. The van der Waals surface area contributed by atoms with Crippen molar-refractivity contribution >= 4 is 18.1 Å². The van der Waals surface area contributed by atoms with Crippen LogP contribution in [-0.4, -0.2) is 29.2 Å². The summed E-state index contributed by atoms with van der Waals surface area (Å²) in [6, 6.07) is -0.0103. The van der Waals surface area contributed by atoms with Crippen LogP contribution in [-0.2, 0) is 9.59 Å². The Morgan fingerprint density at radius 2 is 2.17 bits per heavy atom. The monoisotopic (exact) mass is 250 g/mol. The molecule has 1 heterocycles. The summed E-state index contributed by atoms with van der Waals surface area (Å²) in [6.07, 6.45) is 7.84. The third-order valence-electron chi connectivity index (χ3n) is 3.60. The molecule has 1 aliphatic carbocycles. The average molecular weight is 250 g/mol. The van der Waals surface area contributed by atoms with Gasteiger partial charge in [-0.15, -0.1) is 0 Å². The van der Waals surface area contributed by atoms with Gasteiger partial charge in [0.2, 0.25) is 5.91 Å². The second-order valence-electron chi connectivity index (χ2n) is 4.91. The molecule has 2 N–H and O–H groups in total. The van der Waals surface area contributed by atoms with Gasteiger partial charge in [-0.2, -0.15) is 0 Å². The van der Waals surface area contributed by atoms with Gasteiger partial charge in [0.05, 0.1) is 6.42 Å². The third kappa shape index (κ3) is 3.18. The number of rotatable bonds is 4. The van der Waals surface area contributed by atoms with Gasteiger partial charge in [-0.3, -0.25) is 14.6 Å². The Morgan fingerprint density at radius 3 is 2.83 bits per heavy atom. The zero-order chi connectivity index (χ0) is 13.0. The fraction of sp³-hybridized carbons (Fsp3) is 0.615. The van der Waals surface area contributed by atoms with Crippen LogP contribution in [0.5, 0.6) is 0 Å². The van der Waals surface area contributed by atoms with E-state index in [0.29, 0.717) is 12.0 Å². The number of nitrogens with one attached hydrogen (secondary N) is 1. The molecule has 2 rings (SSSR count). The topological polar surface area (TPSA) is 78.8 Å². The first kappa shape index (κ1) is 12.8. The highest BCUT2D eigenvalue weighted by molar-refractivity contribution is 5.98. The summed E-state index contributed by atoms with van der Waals surface area (Å²) in [6.45, 7) is 0. The highest BCUT2D eigenvalue weighted by Crippen LogP contribution is 2.27. The van der Waals surface area contributed by atoms with Crippen molar-refractivity contribution < 1.29 is 14.7 Å². The van der Waals surface area contributed by atoms with Crippen molar-refractivity contribution in [2.24, 2.45) is 10.9 Å². The van der Waals surface area contributed by atoms with E-state index in [2.05, 4.69) is 10.3 Å². The van der Waals surface area contributed by atoms with Crippen LogP contribution in [0.2, 0.25) is 0 Å². The number of carbonyl (C=O) groups is 2. The fourth-order valence-electron chi connectivity index (χ4n) is 2.63. The zero-order valence-electron chi connectivity index (χ0n) is 10.3. The Morgan fingerprint density at radius 1 is 1.39 bits per heavy atom. The summed E-state index contributed by atoms with van der Waals surface area (Å²) in [5.74, 6) is -0.831. The summed E-state index contributed by atoms with van der Waals surface area (Å²) in [5, 5.41) is 11.9. The van der Waals surface area contributed by atoms with E-state index in [1.165, 1.54) is 0 Å². The van der Waals surface area contributed by atoms with E-state index in [9.17, 15) is 9.59 Å². The third-order valence-corrected chi connectivity index (χ3v) is 3.60. The minimum absolute atomic E-state index is 0.0103. The number of carboxylic acids is 1. The maximum absolute atomic E-state index is 11.9. The summed E-state index contributed by atoms with van der Waals surface area (Å²) in [7, 11) is 0. The Kier molecular flexibility index (Phi) is 4.12. The van der Waals surface area contributed by atoms with Gasteiger partial charge in [-0.25, -0.2) is 0 Å². The maximum Gasteiger partial charge on any atom is 0.303 e. The lowest BCUT2D eigenvalue weighted by atomic mass is 9.82. The molecule has 0 radical (unpaired) electrons. The molecule has 18 heavy (non-hydrogen) atoms. The number of aliphatic carboxylic acids is 1. The number of carbonyl (C=O) groups excluding carboxylic acids is 1. The first-order valence-electron chi connectivity index (χ1n) is 6.40. The van der Waals surface area contributed by atoms with Gasteiger partial charge in [0.15, 0.2) is 0 Å². The molecule has 0 aromatic rings. The lowest BCUT2D eigenvalue weighted by molar-refractivity contribution is -0.139. The molecule has 5 heteroatoms. The second kappa shape index (κ2) is 5.80. The van der Waals surface area contributed by atoms with Crippen molar-refractivity contribution in [2.75, 3.05) is 0 Å². The molecular weight excluding hydrogens is 232 g/mol. The molecule has 0 saturated heterocycles. The standard InChI is InChI=1S/C13H18N2O3/c16-12(17)7-9-3-1-2-4-11(9)15-13(18)10-5-6-14-8-10/h6,8-9,11H,1-5,7H2,(H,15,18)(H,16,17). The molecule has 1 amide bonds. The molecule has 0 spiro atoms. The van der Waals surface area contributed by atoms with Crippen molar-refractivity contribution in [1.29, 1.82) is 0 Å². The summed E-state index contributed by atoms with van der Waals surface area (Å²) in [5.41, 5.74) is 0.662. The molecule has 1 fully saturated rings. The Labute approximate surface area is 106 Å². The number of nitrogens with zero attached hydrogens (tertiary/aromatic N) is 1. The van der Waals surface area contributed by atoms with Crippen molar-refractivity contribution in [3.8, 4) is 0 Å². The Bertz CT molecular complexity index is 401. The normalized spacial score (nSPS) is 26.8. The van der Waals surface area contributed by atoms with E-state index in [0.717, 1.165) is 25.7 Å². The van der Waals surface area contributed by atoms with E-state index in [4.69, 9.17) is 5.11 Å². The van der Waals surface area contributed by atoms with Crippen LogP contribution in [0.15, 0.2) is 16.8 Å². The minimum atomic E-state index is -0.787. The van der Waals surface area contributed by atoms with Gasteiger partial charge in [0.25, 0.3) is 0 Å². The lowest BCUT2D eigenvalue weighted by Crippen LogP contribution is -2.43. The molecule has 1 saturated carbocycles. The van der Waals surface area contributed by atoms with Crippen molar-refractivity contribution in [1.82, 2.24) is 5.32 Å². The predicted molar refractivity (Wildman–Crippen MR) is 67.3 cm³/mol. The van der Waals surface area contributed by atoms with Crippen LogP contribution in [0.4, 0.5) is 0 Å². The SMILES string of the molecule is O=C(O)CC1CCCCC1NC(=O)C1=CN=CC1. The highest BCUT2D eigenvalue weighted by atomic mass is 16.4. The number of aliphatic imine (C=N–C) groups is 1. The first-order chi connectivity index (χ1) is 8.66. The van der Waals surface area contributed by atoms with Crippen LogP contribution in [0, 0.1) is 5.92 Å². The van der Waals surface area contributed by atoms with Crippen LogP contribution in [0.1, 0.15) is 38.5 Å². The van der Waals surface area contributed by atoms with Crippen LogP contribution in [0.3, 0.4) is 0 Å². The Balaban J connectivity index is 1.92. The van der Waals surface area contributed by atoms with Gasteiger partial charge in [0, 0.05) is 30.5 Å². The number of hydrogen-bond acceptors (Lipinski definition) is 3. The second-order valence-corrected chi connectivity index (χ2v) is 4.91. The molecule has 0 aromatic heterocycles. The predicted octanol–water partition coefficient (Wildman–Crippen LogP) is 1.49. The maximum atomic E-state index is 11.9. The molecule has 5 nitrogen and oxygen atoms in total. The minimum Gasteiger partial charge on any atom is -0.481 e. The van der Waals surface area contributed by atoms with Gasteiger partial charge >= 0.3 is 5.97 Å². The molecule has 1 aliphatic heterocycles. The van der Waals surface area contributed by atoms with Crippen LogP contribution >= 0.6 is 0 Å². The number of hydrogen-bond donors (Lipinski definition) is 2. The zero-order valence-corrected chi connectivity index (χ0v) is 10.3. The van der Waals surface area contributed by atoms with E-state index >= 15 is 0 Å². The molecule has 2 unspecified atom stereocenters. The smallest absolute Gasteiger partial charge is 0.303 e. The summed E-state index contributed by atoms with van der Waals surface area (Å²) < 4.78 is 0. The van der Waals surface area contributed by atoms with E-state index in [-0.39, 0.29) is 24.3 Å². The first-order valence-corrected chi connectivity index (χ1v) is 6.40. The van der Waals surface area contributed by atoms with Crippen molar-refractivity contribution in [2.45, 2.75) is 44.6 Å². The lowest BCUT2D eigenvalue weighted by Gasteiger charge is -2.31. The summed E-state index contributed by atoms with van der Waals surface area (Å²) in [4.78, 5) is 26.7. The van der Waals surface area contributed by atoms with E-state index in [1.807, 2.05) is 0 Å². The van der Waals surface area contributed by atoms with Gasteiger partial charge in [-0.1, -0.05) is 12.8 Å². The van der Waals surface area contributed by atoms with Crippen molar-refractivity contribution in [3.63, 3.8) is 0 Å². The Hall–Kier alpha value is -1.65. The van der Waals surface area contributed by atoms with E-state index in [1.54, 1.807) is 12.4 Å². The number of carboxylic acid groups (broad SMARTS) is 1. The summed E-state index contributed by atoms with van der Waals surface area (Å²) >= 11 is 0. The fourth-order valence-corrected chi connectivity index (χ4v) is 2.63. The molecule has 98 valence electrons. The molecule has 0 aromatic carbocycles. The van der Waals surface area contributed by atoms with Gasteiger partial charge in [-0.05, 0) is 18.8 Å². The van der Waals surface area contributed by atoms with Crippen molar-refractivity contribution in [3.05, 3.63) is 11.8 Å². The number of amides is 1. The van der Waals surface area contributed by atoms with Gasteiger partial charge < -0.3 is 10.4 Å². The quantitative estimate of drug-likeness (QED) is 0.793. The molecule has 2 aliphatic rings.